The average Bonchev–Trinajstić information content (AvgIpc) is 2.72. The van der Waals surface area contributed by atoms with E-state index in [-0.39, 0.29) is 5.54 Å². The zero-order valence-electron chi connectivity index (χ0n) is 12.5. The van der Waals surface area contributed by atoms with Crippen molar-refractivity contribution >= 4 is 0 Å². The van der Waals surface area contributed by atoms with Gasteiger partial charge >= 0.3 is 0 Å². The Morgan fingerprint density at radius 1 is 1.28 bits per heavy atom. The van der Waals surface area contributed by atoms with E-state index in [0.717, 1.165) is 31.0 Å². The number of rotatable bonds is 6. The molecule has 0 fully saturated rings. The minimum Gasteiger partial charge on any atom is -0.443 e. The maximum atomic E-state index is 5.71. The molecule has 1 heterocycles. The van der Waals surface area contributed by atoms with E-state index in [0.29, 0.717) is 0 Å². The fraction of sp³-hybridized carbons (Fsp3) is 0.786. The van der Waals surface area contributed by atoms with Crippen molar-refractivity contribution in [2.75, 3.05) is 13.7 Å². The number of ether oxygens (including phenoxy) is 1. The number of methoxy groups -OCH3 is 1. The first kappa shape index (κ1) is 15.2. The first-order chi connectivity index (χ1) is 8.24. The largest absolute Gasteiger partial charge is 0.443 e. The molecule has 0 saturated carbocycles. The lowest BCUT2D eigenvalue weighted by Crippen LogP contribution is -2.36. The van der Waals surface area contributed by atoms with Crippen LogP contribution < -0.4 is 5.32 Å². The van der Waals surface area contributed by atoms with Gasteiger partial charge in [0.2, 0.25) is 0 Å². The highest BCUT2D eigenvalue weighted by Gasteiger charge is 2.24. The van der Waals surface area contributed by atoms with Gasteiger partial charge in [-0.05, 0) is 47.6 Å². The van der Waals surface area contributed by atoms with Crippen LogP contribution in [-0.2, 0) is 16.8 Å². The number of nitrogens with one attached hydrogen (secondary N) is 1. The summed E-state index contributed by atoms with van der Waals surface area (Å²) in [6.45, 7) is 11.4. The molecule has 0 aromatic carbocycles. The molecule has 18 heavy (non-hydrogen) atoms. The predicted octanol–water partition coefficient (Wildman–Crippen LogP) is 2.88. The van der Waals surface area contributed by atoms with Crippen LogP contribution in [0.5, 0.6) is 0 Å². The van der Waals surface area contributed by atoms with Crippen molar-refractivity contribution in [3.05, 3.63) is 17.8 Å². The van der Waals surface area contributed by atoms with Crippen LogP contribution >= 0.6 is 0 Å². The lowest BCUT2D eigenvalue weighted by molar-refractivity contribution is 0.0000939. The van der Waals surface area contributed by atoms with Gasteiger partial charge in [0.05, 0.1) is 6.20 Å². The number of hydrogen-bond acceptors (Lipinski definition) is 4. The van der Waals surface area contributed by atoms with Crippen LogP contribution in [0, 0.1) is 0 Å². The van der Waals surface area contributed by atoms with Gasteiger partial charge in [-0.2, -0.15) is 0 Å². The summed E-state index contributed by atoms with van der Waals surface area (Å²) in [5.41, 5.74) is -0.241. The van der Waals surface area contributed by atoms with E-state index >= 15 is 0 Å². The summed E-state index contributed by atoms with van der Waals surface area (Å²) < 4.78 is 11.1. The summed E-state index contributed by atoms with van der Waals surface area (Å²) in [5.74, 6) is 1.56. The Morgan fingerprint density at radius 2 is 1.94 bits per heavy atom. The van der Waals surface area contributed by atoms with Crippen LogP contribution in [0.25, 0.3) is 0 Å². The highest BCUT2D eigenvalue weighted by molar-refractivity contribution is 5.03. The molecule has 1 aromatic rings. The highest BCUT2D eigenvalue weighted by Crippen LogP contribution is 2.24. The van der Waals surface area contributed by atoms with Crippen molar-refractivity contribution < 1.29 is 9.15 Å². The van der Waals surface area contributed by atoms with Crippen molar-refractivity contribution in [3.8, 4) is 0 Å². The van der Waals surface area contributed by atoms with E-state index < -0.39 is 5.60 Å². The van der Waals surface area contributed by atoms with Crippen LogP contribution in [0.1, 0.15) is 52.7 Å². The van der Waals surface area contributed by atoms with E-state index in [2.05, 4.69) is 31.1 Å². The van der Waals surface area contributed by atoms with Crippen LogP contribution in [0.2, 0.25) is 0 Å². The lowest BCUT2D eigenvalue weighted by atomic mass is 10.1. The molecule has 1 rings (SSSR count). The van der Waals surface area contributed by atoms with E-state index in [1.807, 2.05) is 13.8 Å². The van der Waals surface area contributed by atoms with Gasteiger partial charge in [-0.1, -0.05) is 0 Å². The maximum absolute atomic E-state index is 5.71. The summed E-state index contributed by atoms with van der Waals surface area (Å²) in [4.78, 5) is 4.29. The summed E-state index contributed by atoms with van der Waals surface area (Å²) in [5, 5.41) is 3.45. The minimum atomic E-state index is -0.408. The second kappa shape index (κ2) is 5.85. The Kier molecular flexibility index (Phi) is 4.93. The Hall–Kier alpha value is -0.870. The number of aryl methyl sites for hydroxylation is 1. The first-order valence-electron chi connectivity index (χ1n) is 6.50. The fourth-order valence-electron chi connectivity index (χ4n) is 1.51. The van der Waals surface area contributed by atoms with Crippen molar-refractivity contribution in [2.24, 2.45) is 0 Å². The van der Waals surface area contributed by atoms with Gasteiger partial charge in [-0.25, -0.2) is 4.98 Å². The van der Waals surface area contributed by atoms with E-state index in [4.69, 9.17) is 9.15 Å². The van der Waals surface area contributed by atoms with Crippen molar-refractivity contribution in [3.63, 3.8) is 0 Å². The molecule has 0 spiro atoms. The van der Waals surface area contributed by atoms with Crippen LogP contribution in [0.3, 0.4) is 0 Å². The maximum Gasteiger partial charge on any atom is 0.194 e. The van der Waals surface area contributed by atoms with Crippen molar-refractivity contribution in [1.29, 1.82) is 0 Å². The Morgan fingerprint density at radius 3 is 2.50 bits per heavy atom. The molecule has 0 atom stereocenters. The molecule has 1 N–H and O–H groups in total. The Balaban J connectivity index is 2.41. The molecule has 0 bridgehead atoms. The normalized spacial score (nSPS) is 13.0. The molecule has 4 nitrogen and oxygen atoms in total. The number of aromatic nitrogens is 1. The smallest absolute Gasteiger partial charge is 0.194 e. The molecule has 0 amide bonds. The average molecular weight is 254 g/mol. The van der Waals surface area contributed by atoms with E-state index in [1.54, 1.807) is 13.3 Å². The predicted molar refractivity (Wildman–Crippen MR) is 72.6 cm³/mol. The van der Waals surface area contributed by atoms with Gasteiger partial charge < -0.3 is 14.5 Å². The number of hydrogen-bond donors (Lipinski definition) is 1. The number of nitrogens with zero attached hydrogens (tertiary/aromatic N) is 1. The number of oxazole rings is 1. The minimum absolute atomic E-state index is 0.166. The molecular weight excluding hydrogens is 228 g/mol. The lowest BCUT2D eigenvalue weighted by Gasteiger charge is -2.20. The molecule has 104 valence electrons. The van der Waals surface area contributed by atoms with Gasteiger partial charge in [0.15, 0.2) is 11.7 Å². The van der Waals surface area contributed by atoms with Gasteiger partial charge in [0.1, 0.15) is 5.60 Å². The Bertz CT molecular complexity index is 364. The van der Waals surface area contributed by atoms with Gasteiger partial charge in [0.25, 0.3) is 0 Å². The van der Waals surface area contributed by atoms with Crippen LogP contribution in [-0.4, -0.2) is 24.2 Å². The van der Waals surface area contributed by atoms with E-state index in [9.17, 15) is 0 Å². The summed E-state index contributed by atoms with van der Waals surface area (Å²) >= 11 is 0. The monoisotopic (exact) mass is 254 g/mol. The van der Waals surface area contributed by atoms with E-state index in [1.165, 1.54) is 0 Å². The van der Waals surface area contributed by atoms with Gasteiger partial charge in [-0.15, -0.1) is 0 Å². The zero-order valence-corrected chi connectivity index (χ0v) is 12.5. The standard InChI is InChI=1S/C14H26N2O2/c1-13(2,3)16-9-7-8-12-15-10-11(18-12)14(4,5)17-6/h10,16H,7-9H2,1-6H3. The van der Waals surface area contributed by atoms with Gasteiger partial charge in [0, 0.05) is 19.1 Å². The van der Waals surface area contributed by atoms with Crippen molar-refractivity contribution in [1.82, 2.24) is 10.3 Å². The molecule has 0 aliphatic heterocycles. The molecule has 0 saturated heterocycles. The van der Waals surface area contributed by atoms with Crippen LogP contribution in [0.15, 0.2) is 10.6 Å². The highest BCUT2D eigenvalue weighted by atomic mass is 16.5. The molecule has 0 aliphatic rings. The third kappa shape index (κ3) is 4.78. The topological polar surface area (TPSA) is 47.3 Å². The van der Waals surface area contributed by atoms with Gasteiger partial charge in [-0.3, -0.25) is 0 Å². The summed E-state index contributed by atoms with van der Waals surface area (Å²) in [6.07, 6.45) is 3.63. The third-order valence-electron chi connectivity index (χ3n) is 2.88. The second-order valence-electron chi connectivity index (χ2n) is 6.11. The molecule has 4 heteroatoms. The molecular formula is C14H26N2O2. The third-order valence-corrected chi connectivity index (χ3v) is 2.88. The van der Waals surface area contributed by atoms with Crippen LogP contribution in [0.4, 0.5) is 0 Å². The molecule has 1 aromatic heterocycles. The second-order valence-corrected chi connectivity index (χ2v) is 6.11. The SMILES string of the molecule is COC(C)(C)c1cnc(CCCNC(C)(C)C)o1. The molecule has 0 radical (unpaired) electrons. The quantitative estimate of drug-likeness (QED) is 0.793. The summed E-state index contributed by atoms with van der Waals surface area (Å²) in [7, 11) is 1.68. The first-order valence-corrected chi connectivity index (χ1v) is 6.50. The summed E-state index contributed by atoms with van der Waals surface area (Å²) in [6, 6.07) is 0. The molecule has 0 unspecified atom stereocenters. The Labute approximate surface area is 110 Å². The van der Waals surface area contributed by atoms with Crippen molar-refractivity contribution in [2.45, 2.75) is 58.6 Å². The fourth-order valence-corrected chi connectivity index (χ4v) is 1.51. The molecule has 0 aliphatic carbocycles. The zero-order chi connectivity index (χ0) is 13.8.